The fourth-order valence-corrected chi connectivity index (χ4v) is 2.65. The normalized spacial score (nSPS) is 12.8. The Morgan fingerprint density at radius 3 is 2.95 bits per heavy atom. The van der Waals surface area contributed by atoms with E-state index in [2.05, 4.69) is 6.07 Å². The maximum absolute atomic E-state index is 12.1. The summed E-state index contributed by atoms with van der Waals surface area (Å²) in [6.07, 6.45) is 2.21. The van der Waals surface area contributed by atoms with Crippen LogP contribution in [0, 0.1) is 0 Å². The Bertz CT molecular complexity index is 649. The van der Waals surface area contributed by atoms with Crippen LogP contribution in [0.4, 0.5) is 0 Å². The van der Waals surface area contributed by atoms with Crippen molar-refractivity contribution in [2.75, 3.05) is 6.61 Å². The van der Waals surface area contributed by atoms with Crippen LogP contribution in [0.3, 0.4) is 0 Å². The van der Waals surface area contributed by atoms with Gasteiger partial charge in [-0.25, -0.2) is 0 Å². The van der Waals surface area contributed by atoms with Crippen molar-refractivity contribution >= 4 is 17.4 Å². The molecule has 0 N–H and O–H groups in total. The van der Waals surface area contributed by atoms with E-state index in [1.807, 2.05) is 24.3 Å². The van der Waals surface area contributed by atoms with Gasteiger partial charge in [0.2, 0.25) is 0 Å². The Kier molecular flexibility index (Phi) is 3.75. The molecule has 0 saturated carbocycles. The molecule has 0 aromatic heterocycles. The van der Waals surface area contributed by atoms with Gasteiger partial charge in [0.05, 0.1) is 6.61 Å². The molecule has 1 aliphatic heterocycles. The second-order valence-corrected chi connectivity index (χ2v) is 5.41. The van der Waals surface area contributed by atoms with Crippen molar-refractivity contribution in [1.29, 1.82) is 0 Å². The van der Waals surface area contributed by atoms with E-state index in [0.717, 1.165) is 25.2 Å². The van der Waals surface area contributed by atoms with Crippen LogP contribution in [0.5, 0.6) is 5.75 Å². The summed E-state index contributed by atoms with van der Waals surface area (Å²) in [5, 5.41) is 0.602. The molecule has 0 spiro atoms. The average Bonchev–Trinajstić information content (AvgIpc) is 2.92. The number of hydrogen-bond acceptors (Lipinski definition) is 2. The van der Waals surface area contributed by atoms with Crippen LogP contribution in [-0.2, 0) is 12.8 Å². The molecule has 0 amide bonds. The van der Waals surface area contributed by atoms with Crippen molar-refractivity contribution < 1.29 is 9.53 Å². The molecule has 0 bridgehead atoms. The lowest BCUT2D eigenvalue weighted by atomic mass is 10.0. The van der Waals surface area contributed by atoms with Crippen LogP contribution in [0.1, 0.15) is 27.9 Å². The number of halogens is 1. The molecule has 0 atom stereocenters. The van der Waals surface area contributed by atoms with Crippen LogP contribution < -0.4 is 4.74 Å². The highest BCUT2D eigenvalue weighted by Gasteiger charge is 2.13. The second-order valence-electron chi connectivity index (χ2n) is 4.97. The van der Waals surface area contributed by atoms with Gasteiger partial charge in [0.1, 0.15) is 5.75 Å². The summed E-state index contributed by atoms with van der Waals surface area (Å²) in [4.78, 5) is 12.1. The summed E-state index contributed by atoms with van der Waals surface area (Å²) in [5.74, 6) is 1.11. The predicted octanol–water partition coefficient (Wildman–Crippen LogP) is 4.09. The molecule has 0 aliphatic carbocycles. The molecule has 2 aromatic rings. The molecule has 0 fully saturated rings. The summed E-state index contributed by atoms with van der Waals surface area (Å²) in [7, 11) is 0. The Morgan fingerprint density at radius 2 is 2.10 bits per heavy atom. The number of rotatable bonds is 4. The molecule has 1 aliphatic rings. The summed E-state index contributed by atoms with van der Waals surface area (Å²) in [6, 6.07) is 13.3. The van der Waals surface area contributed by atoms with Crippen LogP contribution >= 0.6 is 11.6 Å². The van der Waals surface area contributed by atoms with Gasteiger partial charge >= 0.3 is 0 Å². The van der Waals surface area contributed by atoms with E-state index in [1.165, 1.54) is 11.1 Å². The van der Waals surface area contributed by atoms with Crippen LogP contribution in [0.25, 0.3) is 0 Å². The lowest BCUT2D eigenvalue weighted by Crippen LogP contribution is -2.01. The quantitative estimate of drug-likeness (QED) is 0.791. The van der Waals surface area contributed by atoms with Crippen molar-refractivity contribution in [3.8, 4) is 5.75 Å². The SMILES string of the molecule is O=C(CCc1ccc2c(c1)CCO2)c1cccc(Cl)c1. The van der Waals surface area contributed by atoms with E-state index in [0.29, 0.717) is 17.0 Å². The van der Waals surface area contributed by atoms with Gasteiger partial charge in [-0.05, 0) is 35.7 Å². The number of aryl methyl sites for hydroxylation is 1. The van der Waals surface area contributed by atoms with Crippen molar-refractivity contribution in [2.45, 2.75) is 19.3 Å². The second kappa shape index (κ2) is 5.68. The first-order valence-corrected chi connectivity index (χ1v) is 7.13. The third kappa shape index (κ3) is 2.86. The molecular formula is C17H15ClO2. The zero-order valence-electron chi connectivity index (χ0n) is 11.1. The summed E-state index contributed by atoms with van der Waals surface area (Å²) in [5.41, 5.74) is 3.12. The number of benzene rings is 2. The first-order chi connectivity index (χ1) is 9.72. The van der Waals surface area contributed by atoms with E-state index in [1.54, 1.807) is 12.1 Å². The lowest BCUT2D eigenvalue weighted by molar-refractivity contribution is 0.0983. The van der Waals surface area contributed by atoms with Crippen molar-refractivity contribution in [3.05, 3.63) is 64.2 Å². The fourth-order valence-electron chi connectivity index (χ4n) is 2.46. The molecule has 3 rings (SSSR count). The maximum atomic E-state index is 12.1. The highest BCUT2D eigenvalue weighted by Crippen LogP contribution is 2.26. The Balaban J connectivity index is 1.66. The first-order valence-electron chi connectivity index (χ1n) is 6.76. The van der Waals surface area contributed by atoms with Crippen molar-refractivity contribution in [1.82, 2.24) is 0 Å². The number of carbonyl (C=O) groups excluding carboxylic acids is 1. The largest absolute Gasteiger partial charge is 0.493 e. The number of fused-ring (bicyclic) bond motifs is 1. The smallest absolute Gasteiger partial charge is 0.163 e. The number of carbonyl (C=O) groups is 1. The van der Waals surface area contributed by atoms with Gasteiger partial charge in [-0.1, -0.05) is 35.9 Å². The van der Waals surface area contributed by atoms with E-state index in [9.17, 15) is 4.79 Å². The molecule has 102 valence electrons. The highest BCUT2D eigenvalue weighted by atomic mass is 35.5. The van der Waals surface area contributed by atoms with Gasteiger partial charge in [-0.3, -0.25) is 4.79 Å². The molecule has 2 aromatic carbocycles. The van der Waals surface area contributed by atoms with Gasteiger partial charge in [-0.2, -0.15) is 0 Å². The third-order valence-electron chi connectivity index (χ3n) is 3.54. The summed E-state index contributed by atoms with van der Waals surface area (Å²) in [6.45, 7) is 0.764. The van der Waals surface area contributed by atoms with Crippen molar-refractivity contribution in [2.24, 2.45) is 0 Å². The van der Waals surface area contributed by atoms with Gasteiger partial charge in [0.15, 0.2) is 5.78 Å². The maximum Gasteiger partial charge on any atom is 0.163 e. The minimum atomic E-state index is 0.129. The Labute approximate surface area is 123 Å². The molecule has 1 heterocycles. The van der Waals surface area contributed by atoms with Crippen molar-refractivity contribution in [3.63, 3.8) is 0 Å². The lowest BCUT2D eigenvalue weighted by Gasteiger charge is -2.04. The molecular weight excluding hydrogens is 272 g/mol. The van der Waals surface area contributed by atoms with Crippen LogP contribution in [0.2, 0.25) is 5.02 Å². The van der Waals surface area contributed by atoms with Gasteiger partial charge in [0, 0.05) is 23.4 Å². The Hall–Kier alpha value is -1.80. The van der Waals surface area contributed by atoms with E-state index >= 15 is 0 Å². The zero-order chi connectivity index (χ0) is 13.9. The monoisotopic (exact) mass is 286 g/mol. The van der Waals surface area contributed by atoms with Gasteiger partial charge < -0.3 is 4.74 Å². The van der Waals surface area contributed by atoms with Gasteiger partial charge in [0.25, 0.3) is 0 Å². The number of Topliss-reactive ketones (excluding diaryl/α,β-unsaturated/α-hetero) is 1. The standard InChI is InChI=1S/C17H15ClO2/c18-15-3-1-2-13(11-15)16(19)6-4-12-5-7-17-14(10-12)8-9-20-17/h1-3,5,7,10-11H,4,6,8-9H2. The minimum Gasteiger partial charge on any atom is -0.493 e. The van der Waals surface area contributed by atoms with Crippen LogP contribution in [0.15, 0.2) is 42.5 Å². The van der Waals surface area contributed by atoms with Crippen LogP contribution in [-0.4, -0.2) is 12.4 Å². The molecule has 0 saturated heterocycles. The Morgan fingerprint density at radius 1 is 1.20 bits per heavy atom. The van der Waals surface area contributed by atoms with E-state index < -0.39 is 0 Å². The number of ether oxygens (including phenoxy) is 1. The number of hydrogen-bond donors (Lipinski definition) is 0. The minimum absolute atomic E-state index is 0.129. The molecule has 0 radical (unpaired) electrons. The molecule has 20 heavy (non-hydrogen) atoms. The highest BCUT2D eigenvalue weighted by molar-refractivity contribution is 6.31. The topological polar surface area (TPSA) is 26.3 Å². The first kappa shape index (κ1) is 13.2. The van der Waals surface area contributed by atoms with E-state index in [-0.39, 0.29) is 5.78 Å². The van der Waals surface area contributed by atoms with Gasteiger partial charge in [-0.15, -0.1) is 0 Å². The molecule has 3 heteroatoms. The fraction of sp³-hybridized carbons (Fsp3) is 0.235. The predicted molar refractivity (Wildman–Crippen MR) is 79.7 cm³/mol. The summed E-state index contributed by atoms with van der Waals surface area (Å²) >= 11 is 5.90. The molecule has 0 unspecified atom stereocenters. The zero-order valence-corrected chi connectivity index (χ0v) is 11.8. The summed E-state index contributed by atoms with van der Waals surface area (Å²) < 4.78 is 5.48. The third-order valence-corrected chi connectivity index (χ3v) is 3.78. The van der Waals surface area contributed by atoms with E-state index in [4.69, 9.17) is 16.3 Å². The average molecular weight is 287 g/mol. The molecule has 2 nitrogen and oxygen atoms in total. The number of ketones is 1.